The summed E-state index contributed by atoms with van der Waals surface area (Å²) < 4.78 is 109. The van der Waals surface area contributed by atoms with Gasteiger partial charge in [0.05, 0.1) is 40.0 Å². The Morgan fingerprint density at radius 2 is 1.54 bits per heavy atom. The van der Waals surface area contributed by atoms with E-state index in [4.69, 9.17) is 0 Å². The number of benzene rings is 2. The Bertz CT molecular complexity index is 1470. The lowest BCUT2D eigenvalue weighted by molar-refractivity contribution is -0.138. The highest BCUT2D eigenvalue weighted by Crippen LogP contribution is 2.45. The molecule has 2 aromatic carbocycles. The van der Waals surface area contributed by atoms with Crippen molar-refractivity contribution in [3.8, 4) is 0 Å². The molecule has 1 aliphatic heterocycles. The SMILES string of the molecule is CCN1c2ccc(C(C)C(C)O)cc2N(S(=O)(=O)c2ccc(C(F)(F)F)cc2)Cc2cc(C(F)(F)F)cnc21. The lowest BCUT2D eigenvalue weighted by Crippen LogP contribution is -2.31. The minimum Gasteiger partial charge on any atom is -0.393 e. The Kier molecular flexibility index (Phi) is 7.36. The van der Waals surface area contributed by atoms with Crippen LogP contribution < -0.4 is 9.21 Å². The summed E-state index contributed by atoms with van der Waals surface area (Å²) in [5.41, 5.74) is -1.19. The maximum atomic E-state index is 13.9. The van der Waals surface area contributed by atoms with Gasteiger partial charge in [0.25, 0.3) is 10.0 Å². The summed E-state index contributed by atoms with van der Waals surface area (Å²) in [6.07, 6.45) is -9.56. The first-order valence-electron chi connectivity index (χ1n) is 11.9. The Morgan fingerprint density at radius 1 is 0.923 bits per heavy atom. The van der Waals surface area contributed by atoms with Gasteiger partial charge in [-0.15, -0.1) is 0 Å². The zero-order valence-electron chi connectivity index (χ0n) is 21.0. The van der Waals surface area contributed by atoms with Gasteiger partial charge in [-0.05, 0) is 61.9 Å². The number of alkyl halides is 6. The highest BCUT2D eigenvalue weighted by atomic mass is 32.2. The molecule has 2 heterocycles. The molecule has 0 fully saturated rings. The molecule has 1 aromatic heterocycles. The fraction of sp³-hybridized carbons (Fsp3) is 0.346. The van der Waals surface area contributed by atoms with Gasteiger partial charge in [-0.3, -0.25) is 4.31 Å². The minimum absolute atomic E-state index is 0.0384. The highest BCUT2D eigenvalue weighted by Gasteiger charge is 2.38. The largest absolute Gasteiger partial charge is 0.417 e. The van der Waals surface area contributed by atoms with Crippen molar-refractivity contribution in [1.82, 2.24) is 4.98 Å². The van der Waals surface area contributed by atoms with Crippen molar-refractivity contribution in [3.05, 3.63) is 77.0 Å². The minimum atomic E-state index is -4.74. The predicted molar refractivity (Wildman–Crippen MR) is 133 cm³/mol. The van der Waals surface area contributed by atoms with E-state index in [0.717, 1.165) is 22.5 Å². The Balaban J connectivity index is 1.97. The molecule has 39 heavy (non-hydrogen) atoms. The van der Waals surface area contributed by atoms with Gasteiger partial charge in [0.1, 0.15) is 5.82 Å². The molecule has 3 aromatic rings. The average molecular weight is 574 g/mol. The number of hydrogen-bond donors (Lipinski definition) is 1. The highest BCUT2D eigenvalue weighted by molar-refractivity contribution is 7.92. The second-order valence-electron chi connectivity index (χ2n) is 9.26. The fourth-order valence-corrected chi connectivity index (χ4v) is 5.83. The van der Waals surface area contributed by atoms with E-state index in [1.807, 2.05) is 0 Å². The molecule has 210 valence electrons. The molecule has 1 N–H and O–H groups in total. The first-order chi connectivity index (χ1) is 18.1. The van der Waals surface area contributed by atoms with Crippen LogP contribution in [0.5, 0.6) is 0 Å². The summed E-state index contributed by atoms with van der Waals surface area (Å²) in [6.45, 7) is 4.66. The van der Waals surface area contributed by atoms with Crippen LogP contribution in [0.2, 0.25) is 0 Å². The van der Waals surface area contributed by atoms with E-state index in [1.54, 1.807) is 37.8 Å². The molecule has 6 nitrogen and oxygen atoms in total. The molecule has 2 atom stereocenters. The number of halogens is 6. The van der Waals surface area contributed by atoms with Gasteiger partial charge >= 0.3 is 12.4 Å². The summed E-state index contributed by atoms with van der Waals surface area (Å²) in [4.78, 5) is 5.13. The van der Waals surface area contributed by atoms with Crippen molar-refractivity contribution in [2.24, 2.45) is 0 Å². The summed E-state index contributed by atoms with van der Waals surface area (Å²) in [7, 11) is -4.58. The molecular weight excluding hydrogens is 548 g/mol. The number of anilines is 3. The van der Waals surface area contributed by atoms with Crippen LogP contribution in [0.15, 0.2) is 59.6 Å². The zero-order valence-corrected chi connectivity index (χ0v) is 21.9. The molecule has 0 aliphatic carbocycles. The van der Waals surface area contributed by atoms with Crippen molar-refractivity contribution in [3.63, 3.8) is 0 Å². The lowest BCUT2D eigenvalue weighted by atomic mass is 9.95. The number of hydrogen-bond acceptors (Lipinski definition) is 5. The topological polar surface area (TPSA) is 73.7 Å². The third kappa shape index (κ3) is 5.42. The van der Waals surface area contributed by atoms with E-state index in [2.05, 4.69) is 4.98 Å². The van der Waals surface area contributed by atoms with Gasteiger partial charge in [-0.1, -0.05) is 13.0 Å². The smallest absolute Gasteiger partial charge is 0.393 e. The van der Waals surface area contributed by atoms with Gasteiger partial charge in [0.15, 0.2) is 0 Å². The second kappa shape index (κ2) is 10.0. The first kappa shape index (κ1) is 28.7. The second-order valence-corrected chi connectivity index (χ2v) is 11.1. The quantitative estimate of drug-likeness (QED) is 0.354. The normalized spacial score (nSPS) is 15.8. The number of aliphatic hydroxyl groups is 1. The standard InChI is InChI=1S/C26H25F6N3O3S/c1-4-34-22-10-5-17(15(2)16(3)36)12-23(22)35(14-18-11-20(26(30,31)32)13-33-24(18)34)39(37,38)21-8-6-19(7-9-21)25(27,28)29/h5-13,15-16,36H,4,14H2,1-3H3. The summed E-state index contributed by atoms with van der Waals surface area (Å²) >= 11 is 0. The van der Waals surface area contributed by atoms with Gasteiger partial charge in [-0.2, -0.15) is 26.3 Å². The van der Waals surface area contributed by atoms with E-state index in [9.17, 15) is 39.9 Å². The number of rotatable bonds is 5. The van der Waals surface area contributed by atoms with Gasteiger partial charge in [0.2, 0.25) is 0 Å². The molecular formula is C26H25F6N3O3S. The number of sulfonamides is 1. The van der Waals surface area contributed by atoms with E-state index < -0.39 is 57.0 Å². The number of aromatic nitrogens is 1. The molecule has 0 radical (unpaired) electrons. The average Bonchev–Trinajstić information content (AvgIpc) is 3.00. The third-order valence-electron chi connectivity index (χ3n) is 6.73. The van der Waals surface area contributed by atoms with Crippen LogP contribution in [0.4, 0.5) is 43.5 Å². The van der Waals surface area contributed by atoms with Crippen molar-refractivity contribution >= 4 is 27.2 Å². The lowest BCUT2D eigenvalue weighted by Gasteiger charge is -2.28. The van der Waals surface area contributed by atoms with Crippen molar-refractivity contribution in [1.29, 1.82) is 0 Å². The molecule has 2 unspecified atom stereocenters. The van der Waals surface area contributed by atoms with Crippen LogP contribution in [0.3, 0.4) is 0 Å². The van der Waals surface area contributed by atoms with E-state index in [1.165, 1.54) is 6.07 Å². The summed E-state index contributed by atoms with van der Waals surface area (Å²) in [6, 6.07) is 8.51. The monoisotopic (exact) mass is 573 g/mol. The molecule has 0 saturated heterocycles. The molecule has 4 rings (SSSR count). The number of nitrogens with zero attached hydrogens (tertiary/aromatic N) is 3. The van der Waals surface area contributed by atoms with Crippen molar-refractivity contribution < 1.29 is 39.9 Å². The molecule has 0 bridgehead atoms. The first-order valence-corrected chi connectivity index (χ1v) is 13.4. The van der Waals surface area contributed by atoms with E-state index >= 15 is 0 Å². The van der Waals surface area contributed by atoms with Gasteiger partial charge in [-0.25, -0.2) is 13.4 Å². The Labute approximate surface area is 221 Å². The van der Waals surface area contributed by atoms with Crippen LogP contribution in [0, 0.1) is 0 Å². The third-order valence-corrected chi connectivity index (χ3v) is 8.51. The van der Waals surface area contributed by atoms with Crippen LogP contribution in [0.1, 0.15) is 48.9 Å². The predicted octanol–water partition coefficient (Wildman–Crippen LogP) is 6.47. The van der Waals surface area contributed by atoms with Crippen molar-refractivity contribution in [2.75, 3.05) is 15.7 Å². The zero-order chi connectivity index (χ0) is 28.9. The molecule has 0 amide bonds. The van der Waals surface area contributed by atoms with Crippen LogP contribution in [-0.4, -0.2) is 31.2 Å². The molecule has 0 saturated carbocycles. The van der Waals surface area contributed by atoms with Crippen molar-refractivity contribution in [2.45, 2.75) is 56.6 Å². The van der Waals surface area contributed by atoms with E-state index in [-0.39, 0.29) is 23.6 Å². The number of fused-ring (bicyclic) bond motifs is 2. The van der Waals surface area contributed by atoms with Gasteiger partial charge in [0, 0.05) is 24.2 Å². The maximum Gasteiger partial charge on any atom is 0.417 e. The van der Waals surface area contributed by atoms with Crippen LogP contribution >= 0.6 is 0 Å². The molecule has 1 aliphatic rings. The van der Waals surface area contributed by atoms with Crippen LogP contribution in [-0.2, 0) is 28.9 Å². The Hall–Kier alpha value is -3.32. The Morgan fingerprint density at radius 3 is 2.08 bits per heavy atom. The molecule has 13 heteroatoms. The van der Waals surface area contributed by atoms with Crippen LogP contribution in [0.25, 0.3) is 0 Å². The summed E-state index contributed by atoms with van der Waals surface area (Å²) in [5.74, 6) is -0.310. The molecule has 0 spiro atoms. The van der Waals surface area contributed by atoms with Gasteiger partial charge < -0.3 is 10.0 Å². The summed E-state index contributed by atoms with van der Waals surface area (Å²) in [5, 5.41) is 10.1. The maximum absolute atomic E-state index is 13.9. The van der Waals surface area contributed by atoms with E-state index in [0.29, 0.717) is 29.6 Å². The fourth-order valence-electron chi connectivity index (χ4n) is 4.38. The number of aliphatic hydroxyl groups excluding tert-OH is 1. The number of pyridine rings is 1.